The maximum atomic E-state index is 10.3. The van der Waals surface area contributed by atoms with Gasteiger partial charge in [0.1, 0.15) is 0 Å². The van der Waals surface area contributed by atoms with Crippen LogP contribution in [0.25, 0.3) is 0 Å². The fourth-order valence-electron chi connectivity index (χ4n) is 5.30. The van der Waals surface area contributed by atoms with Gasteiger partial charge >= 0.3 is 0 Å². The van der Waals surface area contributed by atoms with Crippen LogP contribution in [-0.4, -0.2) is 67.6 Å². The molecule has 214 valence electrons. The van der Waals surface area contributed by atoms with Gasteiger partial charge in [0, 0.05) is 20.0 Å². The topological polar surface area (TPSA) is 88.4 Å². The van der Waals surface area contributed by atoms with Crippen LogP contribution in [0.5, 0.6) is 0 Å². The molecule has 4 unspecified atom stereocenters. The zero-order valence-electron chi connectivity index (χ0n) is 24.2. The summed E-state index contributed by atoms with van der Waals surface area (Å²) in [5.41, 5.74) is -1.20. The minimum absolute atomic E-state index is 0.126. The first-order chi connectivity index (χ1) is 18.5. The Bertz CT molecular complexity index is 1030. The number of hydrogen-bond donors (Lipinski definition) is 3. The Labute approximate surface area is 235 Å². The summed E-state index contributed by atoms with van der Waals surface area (Å²) in [6, 6.07) is 21.1. The summed E-state index contributed by atoms with van der Waals surface area (Å²) in [4.78, 5) is 0. The third kappa shape index (κ3) is 8.02. The molecule has 0 spiro atoms. The maximum Gasteiger partial charge on any atom is 0.261 e. The van der Waals surface area contributed by atoms with Gasteiger partial charge in [0.05, 0.1) is 31.0 Å². The Balaban J connectivity index is 1.77. The van der Waals surface area contributed by atoms with Crippen LogP contribution >= 0.6 is 0 Å². The second-order valence-electron chi connectivity index (χ2n) is 11.9. The fourth-order valence-corrected chi connectivity index (χ4v) is 9.89. The van der Waals surface area contributed by atoms with Crippen LogP contribution < -0.4 is 10.4 Å². The molecular weight excluding hydrogens is 508 g/mol. The van der Waals surface area contributed by atoms with Crippen molar-refractivity contribution in [2.45, 2.75) is 94.9 Å². The van der Waals surface area contributed by atoms with Crippen molar-refractivity contribution in [3.63, 3.8) is 0 Å². The van der Waals surface area contributed by atoms with Crippen molar-refractivity contribution in [2.24, 2.45) is 0 Å². The van der Waals surface area contributed by atoms with Crippen molar-refractivity contribution >= 4 is 18.7 Å². The van der Waals surface area contributed by atoms with Crippen LogP contribution in [0.2, 0.25) is 5.04 Å². The lowest BCUT2D eigenvalue weighted by atomic mass is 9.97. The molecule has 2 aromatic rings. The second kappa shape index (κ2) is 13.6. The average molecular weight is 555 g/mol. The number of ether oxygens (including phenoxy) is 2. The molecule has 1 saturated heterocycles. The van der Waals surface area contributed by atoms with Crippen molar-refractivity contribution in [1.82, 2.24) is 0 Å². The molecule has 0 aliphatic carbocycles. The highest BCUT2D eigenvalue weighted by molar-refractivity contribution is 6.99. The lowest BCUT2D eigenvalue weighted by molar-refractivity contribution is -0.236. The lowest BCUT2D eigenvalue weighted by Crippen LogP contribution is -2.67. The highest BCUT2D eigenvalue weighted by Crippen LogP contribution is 2.38. The molecule has 2 aromatic carbocycles. The van der Waals surface area contributed by atoms with E-state index in [-0.39, 0.29) is 24.2 Å². The lowest BCUT2D eigenvalue weighted by Gasteiger charge is -2.44. The molecule has 3 rings (SSSR count). The predicted octanol–water partition coefficient (Wildman–Crippen LogP) is 3.75. The van der Waals surface area contributed by atoms with E-state index in [1.807, 2.05) is 12.1 Å². The summed E-state index contributed by atoms with van der Waals surface area (Å²) in [6.07, 6.45) is 2.36. The largest absolute Gasteiger partial charge is 0.405 e. The molecule has 39 heavy (non-hydrogen) atoms. The Morgan fingerprint density at radius 2 is 1.64 bits per heavy atom. The molecular formula is C32H46O6Si. The Hall–Kier alpha value is -2.02. The zero-order valence-corrected chi connectivity index (χ0v) is 25.2. The van der Waals surface area contributed by atoms with Gasteiger partial charge in [-0.1, -0.05) is 87.4 Å². The number of rotatable bonds is 11. The molecule has 1 aliphatic rings. The monoisotopic (exact) mass is 554 g/mol. The first-order valence-corrected chi connectivity index (χ1v) is 15.9. The van der Waals surface area contributed by atoms with Crippen LogP contribution in [0, 0.1) is 11.8 Å². The fraction of sp³-hybridized carbons (Fsp3) is 0.562. The second-order valence-corrected chi connectivity index (χ2v) is 16.2. The number of aliphatic hydroxyl groups excluding tert-OH is 2. The third-order valence-corrected chi connectivity index (χ3v) is 12.6. The molecule has 0 aromatic heterocycles. The number of benzene rings is 2. The molecule has 1 aliphatic heterocycles. The van der Waals surface area contributed by atoms with E-state index in [4.69, 9.17) is 13.9 Å². The van der Waals surface area contributed by atoms with Crippen molar-refractivity contribution in [1.29, 1.82) is 0 Å². The SMILES string of the molecule is COC1(C#CCC(O)CCC(C)(O)CO)CCCC(CO[Si](c2ccccc2)(c2ccccc2)C(C)(C)C)O1. The minimum Gasteiger partial charge on any atom is -0.405 e. The summed E-state index contributed by atoms with van der Waals surface area (Å²) in [6.45, 7) is 8.42. The number of methoxy groups -OCH3 is 1. The van der Waals surface area contributed by atoms with Crippen molar-refractivity contribution in [3.8, 4) is 11.8 Å². The Kier molecular flexibility index (Phi) is 11.0. The quantitative estimate of drug-likeness (QED) is 0.290. The highest BCUT2D eigenvalue weighted by Gasteiger charge is 2.51. The predicted molar refractivity (Wildman–Crippen MR) is 157 cm³/mol. The number of aliphatic hydroxyl groups is 3. The molecule has 6 nitrogen and oxygen atoms in total. The first kappa shape index (κ1) is 31.5. The summed E-state index contributed by atoms with van der Waals surface area (Å²) in [5, 5.41) is 31.8. The molecule has 1 heterocycles. The first-order valence-electron chi connectivity index (χ1n) is 14.0. The Morgan fingerprint density at radius 3 is 2.15 bits per heavy atom. The molecule has 0 radical (unpaired) electrons. The standard InChI is InChI=1S/C32H46O6Si/c1-30(2,3)39(28-16-8-6-9-17-28,29-18-10-7-11-19-29)37-24-27-15-13-22-32(36-5,38-27)21-12-14-26(34)20-23-31(4,35)25-33/h6-11,16-19,26-27,33-35H,13-15,20,22-25H2,1-5H3. The zero-order chi connectivity index (χ0) is 28.6. The molecule has 0 amide bonds. The van der Waals surface area contributed by atoms with Crippen LogP contribution in [0.15, 0.2) is 60.7 Å². The van der Waals surface area contributed by atoms with E-state index in [9.17, 15) is 15.3 Å². The van der Waals surface area contributed by atoms with Crippen LogP contribution in [0.3, 0.4) is 0 Å². The van der Waals surface area contributed by atoms with Gasteiger partial charge in [-0.05, 0) is 53.9 Å². The molecule has 1 fully saturated rings. The van der Waals surface area contributed by atoms with Gasteiger partial charge in [-0.15, -0.1) is 0 Å². The molecule has 0 saturated carbocycles. The van der Waals surface area contributed by atoms with E-state index in [2.05, 4.69) is 81.1 Å². The van der Waals surface area contributed by atoms with Crippen molar-refractivity contribution < 1.29 is 29.2 Å². The van der Waals surface area contributed by atoms with E-state index in [0.717, 1.165) is 12.8 Å². The minimum atomic E-state index is -2.69. The van der Waals surface area contributed by atoms with Gasteiger partial charge in [-0.3, -0.25) is 0 Å². The highest BCUT2D eigenvalue weighted by atomic mass is 28.4. The molecule has 0 bridgehead atoms. The Morgan fingerprint density at radius 1 is 1.05 bits per heavy atom. The summed E-state index contributed by atoms with van der Waals surface area (Å²) in [7, 11) is -1.08. The third-order valence-electron chi connectivity index (χ3n) is 7.59. The van der Waals surface area contributed by atoms with E-state index < -0.39 is 25.8 Å². The summed E-state index contributed by atoms with van der Waals surface area (Å²) in [5.74, 6) is 5.13. The van der Waals surface area contributed by atoms with Crippen LogP contribution in [-0.2, 0) is 13.9 Å². The molecule has 4 atom stereocenters. The van der Waals surface area contributed by atoms with Gasteiger partial charge in [0.2, 0.25) is 5.79 Å². The van der Waals surface area contributed by atoms with Gasteiger partial charge in [0.25, 0.3) is 8.32 Å². The van der Waals surface area contributed by atoms with E-state index in [0.29, 0.717) is 25.9 Å². The van der Waals surface area contributed by atoms with Crippen LogP contribution in [0.1, 0.15) is 66.2 Å². The van der Waals surface area contributed by atoms with Gasteiger partial charge in [-0.25, -0.2) is 0 Å². The van der Waals surface area contributed by atoms with E-state index in [1.54, 1.807) is 14.0 Å². The summed E-state index contributed by atoms with van der Waals surface area (Å²) >= 11 is 0. The smallest absolute Gasteiger partial charge is 0.261 e. The summed E-state index contributed by atoms with van der Waals surface area (Å²) < 4.78 is 19.3. The van der Waals surface area contributed by atoms with Crippen molar-refractivity contribution in [2.75, 3.05) is 20.3 Å². The van der Waals surface area contributed by atoms with E-state index >= 15 is 0 Å². The van der Waals surface area contributed by atoms with Gasteiger partial charge in [-0.2, -0.15) is 0 Å². The normalized spacial score (nSPS) is 22.4. The molecule has 7 heteroatoms. The maximum absolute atomic E-state index is 10.3. The van der Waals surface area contributed by atoms with E-state index in [1.165, 1.54) is 10.4 Å². The van der Waals surface area contributed by atoms with Gasteiger partial charge < -0.3 is 29.2 Å². The molecule has 3 N–H and O–H groups in total. The van der Waals surface area contributed by atoms with Gasteiger partial charge in [0.15, 0.2) is 0 Å². The average Bonchev–Trinajstić information content (AvgIpc) is 2.93. The van der Waals surface area contributed by atoms with Crippen molar-refractivity contribution in [3.05, 3.63) is 60.7 Å². The van der Waals surface area contributed by atoms with Crippen LogP contribution in [0.4, 0.5) is 0 Å². The number of hydrogen-bond acceptors (Lipinski definition) is 6.